The molecule has 1 heterocycles. The molecule has 1 aliphatic heterocycles. The minimum absolute atomic E-state index is 0. The van der Waals surface area contributed by atoms with E-state index >= 15 is 0 Å². The van der Waals surface area contributed by atoms with E-state index in [1.54, 1.807) is 17.0 Å². The lowest BCUT2D eigenvalue weighted by atomic mass is 9.90. The first-order chi connectivity index (χ1) is 11.3. The summed E-state index contributed by atoms with van der Waals surface area (Å²) in [5.74, 6) is 0.877. The van der Waals surface area contributed by atoms with E-state index in [9.17, 15) is 4.79 Å². The Bertz CT molecular complexity index is 556. The van der Waals surface area contributed by atoms with E-state index in [2.05, 4.69) is 11.8 Å². The number of carbonyl (C=O) groups is 1. The van der Waals surface area contributed by atoms with Gasteiger partial charge in [-0.15, -0.1) is 12.4 Å². The number of carbonyl (C=O) groups excluding carboxylic acids is 1. The molecule has 2 rings (SSSR count). The van der Waals surface area contributed by atoms with E-state index in [0.29, 0.717) is 24.7 Å². The smallest absolute Gasteiger partial charge is 0.239 e. The minimum Gasteiger partial charge on any atom is -0.492 e. The topological polar surface area (TPSA) is 58.8 Å². The molecule has 0 radical (unpaired) electrons. The second-order valence-corrected chi connectivity index (χ2v) is 7.41. The number of halogens is 2. The Kier molecular flexibility index (Phi) is 8.48. The molecule has 1 aliphatic rings. The van der Waals surface area contributed by atoms with Crippen LogP contribution in [0, 0.1) is 5.41 Å². The highest BCUT2D eigenvalue weighted by atomic mass is 35.5. The van der Waals surface area contributed by atoms with E-state index in [0.717, 1.165) is 25.3 Å². The van der Waals surface area contributed by atoms with Crippen LogP contribution < -0.4 is 10.5 Å². The van der Waals surface area contributed by atoms with Gasteiger partial charge < -0.3 is 15.4 Å². The fraction of sp³-hybridized carbons (Fsp3) is 0.611. The molecule has 0 spiro atoms. The van der Waals surface area contributed by atoms with E-state index in [1.165, 1.54) is 0 Å². The number of rotatable bonds is 7. The molecule has 0 aliphatic carbocycles. The maximum Gasteiger partial charge on any atom is 0.239 e. The molecule has 2 unspecified atom stereocenters. The number of amides is 1. The van der Waals surface area contributed by atoms with Crippen LogP contribution in [0.3, 0.4) is 0 Å². The molecule has 0 bridgehead atoms. The molecule has 2 N–H and O–H groups in total. The molecule has 7 heteroatoms. The Hall–Kier alpha value is -1.01. The maximum absolute atomic E-state index is 12.6. The van der Waals surface area contributed by atoms with Crippen LogP contribution in [0.1, 0.15) is 20.3 Å². The van der Waals surface area contributed by atoms with E-state index < -0.39 is 0 Å². The Morgan fingerprint density at radius 1 is 1.44 bits per heavy atom. The third-order valence-corrected chi connectivity index (χ3v) is 5.12. The SMILES string of the molecule is CC(C(=O)N(C)CCOc1ccc(Cl)cc1)N1CCC(C)(CN)C1.Cl. The number of nitrogens with two attached hydrogens (primary N) is 1. The zero-order valence-electron chi connectivity index (χ0n) is 15.2. The number of likely N-dealkylation sites (tertiary alicyclic amines) is 1. The molecule has 1 aromatic rings. The van der Waals surface area contributed by atoms with Gasteiger partial charge in [-0.3, -0.25) is 9.69 Å². The average Bonchev–Trinajstić information content (AvgIpc) is 2.98. The monoisotopic (exact) mass is 389 g/mol. The van der Waals surface area contributed by atoms with Gasteiger partial charge in [-0.2, -0.15) is 0 Å². The summed E-state index contributed by atoms with van der Waals surface area (Å²) in [6.07, 6.45) is 1.05. The van der Waals surface area contributed by atoms with Gasteiger partial charge in [0.25, 0.3) is 0 Å². The first kappa shape index (κ1) is 22.0. The van der Waals surface area contributed by atoms with Crippen molar-refractivity contribution in [3.8, 4) is 5.75 Å². The van der Waals surface area contributed by atoms with Gasteiger partial charge >= 0.3 is 0 Å². The van der Waals surface area contributed by atoms with Crippen LogP contribution in [-0.2, 0) is 4.79 Å². The summed E-state index contributed by atoms with van der Waals surface area (Å²) in [6, 6.07) is 7.10. The quantitative estimate of drug-likeness (QED) is 0.778. The van der Waals surface area contributed by atoms with Gasteiger partial charge in [0, 0.05) is 18.6 Å². The second kappa shape index (κ2) is 9.62. The lowest BCUT2D eigenvalue weighted by Crippen LogP contribution is -2.46. The van der Waals surface area contributed by atoms with Gasteiger partial charge in [-0.25, -0.2) is 0 Å². The molecule has 25 heavy (non-hydrogen) atoms. The van der Waals surface area contributed by atoms with Crippen LogP contribution in [-0.4, -0.2) is 61.6 Å². The largest absolute Gasteiger partial charge is 0.492 e. The Balaban J connectivity index is 0.00000312. The van der Waals surface area contributed by atoms with Crippen LogP contribution in [0.5, 0.6) is 5.75 Å². The Labute approximate surface area is 161 Å². The lowest BCUT2D eigenvalue weighted by Gasteiger charge is -2.29. The number of hydrogen-bond acceptors (Lipinski definition) is 4. The summed E-state index contributed by atoms with van der Waals surface area (Å²) in [5, 5.41) is 0.679. The van der Waals surface area contributed by atoms with Crippen LogP contribution in [0.25, 0.3) is 0 Å². The summed E-state index contributed by atoms with van der Waals surface area (Å²) in [4.78, 5) is 16.6. The highest BCUT2D eigenvalue weighted by Gasteiger charge is 2.37. The van der Waals surface area contributed by atoms with E-state index in [4.69, 9.17) is 22.1 Å². The van der Waals surface area contributed by atoms with E-state index in [-0.39, 0.29) is 29.8 Å². The molecule has 5 nitrogen and oxygen atoms in total. The molecule has 0 aromatic heterocycles. The van der Waals surface area contributed by atoms with Crippen molar-refractivity contribution >= 4 is 29.9 Å². The third-order valence-electron chi connectivity index (χ3n) is 4.87. The minimum atomic E-state index is -0.126. The summed E-state index contributed by atoms with van der Waals surface area (Å²) in [6.45, 7) is 7.64. The number of ether oxygens (including phenoxy) is 1. The fourth-order valence-electron chi connectivity index (χ4n) is 2.98. The number of benzene rings is 1. The summed E-state index contributed by atoms with van der Waals surface area (Å²) in [7, 11) is 1.82. The van der Waals surface area contributed by atoms with Crippen molar-refractivity contribution in [2.45, 2.75) is 26.3 Å². The van der Waals surface area contributed by atoms with Gasteiger partial charge in [0.1, 0.15) is 12.4 Å². The van der Waals surface area contributed by atoms with Crippen molar-refractivity contribution in [2.24, 2.45) is 11.1 Å². The van der Waals surface area contributed by atoms with Crippen LogP contribution in [0.15, 0.2) is 24.3 Å². The van der Waals surface area contributed by atoms with Gasteiger partial charge in [0.15, 0.2) is 0 Å². The van der Waals surface area contributed by atoms with Crippen LogP contribution >= 0.6 is 24.0 Å². The van der Waals surface area contributed by atoms with Gasteiger partial charge in [-0.05, 0) is 56.1 Å². The van der Waals surface area contributed by atoms with Crippen molar-refractivity contribution < 1.29 is 9.53 Å². The van der Waals surface area contributed by atoms with Gasteiger partial charge in [0.2, 0.25) is 5.91 Å². The Morgan fingerprint density at radius 2 is 2.08 bits per heavy atom. The second-order valence-electron chi connectivity index (χ2n) is 6.97. The first-order valence-electron chi connectivity index (χ1n) is 8.42. The standard InChI is InChI=1S/C18H28ClN3O2.ClH/c1-14(22-9-8-18(2,12-20)13-22)17(23)21(3)10-11-24-16-6-4-15(19)5-7-16;/h4-7,14H,8-13,20H2,1-3H3;1H. The van der Waals surface area contributed by atoms with Crippen molar-refractivity contribution in [3.63, 3.8) is 0 Å². The predicted molar refractivity (Wildman–Crippen MR) is 105 cm³/mol. The zero-order valence-corrected chi connectivity index (χ0v) is 16.8. The van der Waals surface area contributed by atoms with E-state index in [1.807, 2.05) is 26.1 Å². The molecular formula is C18H29Cl2N3O2. The highest BCUT2D eigenvalue weighted by Crippen LogP contribution is 2.30. The van der Waals surface area contributed by atoms with Crippen molar-refractivity contribution in [1.82, 2.24) is 9.80 Å². The van der Waals surface area contributed by atoms with Gasteiger partial charge in [0.05, 0.1) is 12.6 Å². The highest BCUT2D eigenvalue weighted by molar-refractivity contribution is 6.30. The summed E-state index contributed by atoms with van der Waals surface area (Å²) in [5.41, 5.74) is 5.98. The maximum atomic E-state index is 12.6. The summed E-state index contributed by atoms with van der Waals surface area (Å²) < 4.78 is 5.65. The van der Waals surface area contributed by atoms with Crippen molar-refractivity contribution in [3.05, 3.63) is 29.3 Å². The van der Waals surface area contributed by atoms with Gasteiger partial charge in [-0.1, -0.05) is 18.5 Å². The first-order valence-corrected chi connectivity index (χ1v) is 8.80. The molecule has 142 valence electrons. The number of hydrogen-bond donors (Lipinski definition) is 1. The molecular weight excluding hydrogens is 361 g/mol. The number of likely N-dealkylation sites (N-methyl/N-ethyl adjacent to an activating group) is 1. The fourth-order valence-corrected chi connectivity index (χ4v) is 3.10. The molecule has 0 saturated carbocycles. The van der Waals surface area contributed by atoms with Crippen LogP contribution in [0.4, 0.5) is 0 Å². The average molecular weight is 390 g/mol. The molecule has 1 fully saturated rings. The number of nitrogens with zero attached hydrogens (tertiary/aromatic N) is 2. The van der Waals surface area contributed by atoms with Crippen molar-refractivity contribution in [2.75, 3.05) is 39.8 Å². The molecule has 1 saturated heterocycles. The Morgan fingerprint density at radius 3 is 2.64 bits per heavy atom. The molecule has 1 amide bonds. The van der Waals surface area contributed by atoms with Crippen LogP contribution in [0.2, 0.25) is 5.02 Å². The lowest BCUT2D eigenvalue weighted by molar-refractivity contribution is -0.135. The van der Waals surface area contributed by atoms with Crippen molar-refractivity contribution in [1.29, 1.82) is 0 Å². The third kappa shape index (κ3) is 6.03. The molecule has 1 aromatic carbocycles. The summed E-state index contributed by atoms with van der Waals surface area (Å²) >= 11 is 5.84. The molecule has 2 atom stereocenters. The zero-order chi connectivity index (χ0) is 17.7. The normalized spacial score (nSPS) is 21.5. The predicted octanol–water partition coefficient (Wildman–Crippen LogP) is 2.66.